The fourth-order valence-corrected chi connectivity index (χ4v) is 2.13. The van der Waals surface area contributed by atoms with Crippen molar-refractivity contribution in [3.8, 4) is 0 Å². The molecule has 9 heteroatoms. The Labute approximate surface area is 123 Å². The maximum Gasteiger partial charge on any atom is 0.417 e. The van der Waals surface area contributed by atoms with Gasteiger partial charge in [0.15, 0.2) is 0 Å². The van der Waals surface area contributed by atoms with Crippen LogP contribution in [0, 0.1) is 0 Å². The third kappa shape index (κ3) is 3.86. The highest BCUT2D eigenvalue weighted by molar-refractivity contribution is 5.94. The number of alkyl halides is 3. The lowest BCUT2D eigenvalue weighted by molar-refractivity contribution is -0.137. The van der Waals surface area contributed by atoms with Crippen LogP contribution < -0.4 is 10.9 Å². The van der Waals surface area contributed by atoms with Crippen LogP contribution in [0.4, 0.5) is 18.9 Å². The molecule has 0 spiro atoms. The molecule has 1 aromatic rings. The Hall–Kier alpha value is -2.32. The van der Waals surface area contributed by atoms with Gasteiger partial charge in [0.25, 0.3) is 5.56 Å². The molecular formula is C13H14F3N3O3. The number of amides is 2. The van der Waals surface area contributed by atoms with Crippen LogP contribution >= 0.6 is 0 Å². The van der Waals surface area contributed by atoms with Gasteiger partial charge in [-0.2, -0.15) is 13.2 Å². The first-order valence-electron chi connectivity index (χ1n) is 6.65. The smallest absolute Gasteiger partial charge is 0.333 e. The molecule has 6 nitrogen and oxygen atoms in total. The van der Waals surface area contributed by atoms with E-state index in [0.29, 0.717) is 25.2 Å². The predicted octanol–water partition coefficient (Wildman–Crippen LogP) is 1.34. The third-order valence-electron chi connectivity index (χ3n) is 3.26. The van der Waals surface area contributed by atoms with Crippen LogP contribution in [0.15, 0.2) is 17.1 Å². The minimum absolute atomic E-state index is 0.181. The number of hydrogen-bond acceptors (Lipinski definition) is 3. The number of H-pyrrole nitrogens is 1. The van der Waals surface area contributed by atoms with E-state index in [1.165, 1.54) is 4.90 Å². The Morgan fingerprint density at radius 3 is 2.68 bits per heavy atom. The number of aromatic nitrogens is 1. The Bertz CT molecular complexity index is 639. The monoisotopic (exact) mass is 317 g/mol. The highest BCUT2D eigenvalue weighted by atomic mass is 19.4. The number of halogens is 3. The molecule has 0 radical (unpaired) electrons. The third-order valence-corrected chi connectivity index (χ3v) is 3.26. The maximum absolute atomic E-state index is 12.6. The molecule has 2 amide bonds. The molecule has 0 saturated carbocycles. The van der Waals surface area contributed by atoms with Gasteiger partial charge in [-0.3, -0.25) is 14.4 Å². The molecule has 1 fully saturated rings. The van der Waals surface area contributed by atoms with Gasteiger partial charge < -0.3 is 15.2 Å². The van der Waals surface area contributed by atoms with Crippen LogP contribution in [0.3, 0.4) is 0 Å². The average molecular weight is 317 g/mol. The Kier molecular flexibility index (Phi) is 4.53. The van der Waals surface area contributed by atoms with Crippen molar-refractivity contribution in [1.82, 2.24) is 9.88 Å². The summed E-state index contributed by atoms with van der Waals surface area (Å²) in [6, 6.07) is 0.564. The highest BCUT2D eigenvalue weighted by Crippen LogP contribution is 2.29. The summed E-state index contributed by atoms with van der Waals surface area (Å²) >= 11 is 0. The normalized spacial score (nSPS) is 15.8. The van der Waals surface area contributed by atoms with Crippen molar-refractivity contribution in [3.05, 3.63) is 28.2 Å². The van der Waals surface area contributed by atoms with E-state index in [9.17, 15) is 27.6 Å². The quantitative estimate of drug-likeness (QED) is 0.883. The molecule has 22 heavy (non-hydrogen) atoms. The van der Waals surface area contributed by atoms with Crippen molar-refractivity contribution in [2.45, 2.75) is 25.4 Å². The van der Waals surface area contributed by atoms with E-state index >= 15 is 0 Å². The molecule has 0 aromatic carbocycles. The summed E-state index contributed by atoms with van der Waals surface area (Å²) in [5, 5.41) is 2.11. The first-order chi connectivity index (χ1) is 10.3. The van der Waals surface area contributed by atoms with Gasteiger partial charge in [0, 0.05) is 19.2 Å². The van der Waals surface area contributed by atoms with E-state index in [0.717, 1.165) is 12.8 Å². The van der Waals surface area contributed by atoms with E-state index < -0.39 is 28.9 Å². The highest BCUT2D eigenvalue weighted by Gasteiger charge is 2.31. The lowest BCUT2D eigenvalue weighted by atomic mass is 10.1. The number of nitrogens with zero attached hydrogens (tertiary/aromatic N) is 1. The number of hydrogen-bond donors (Lipinski definition) is 2. The Balaban J connectivity index is 2.08. The largest absolute Gasteiger partial charge is 0.417 e. The molecule has 0 atom stereocenters. The second-order valence-corrected chi connectivity index (χ2v) is 4.95. The van der Waals surface area contributed by atoms with Crippen molar-refractivity contribution < 1.29 is 22.8 Å². The fourth-order valence-electron chi connectivity index (χ4n) is 2.13. The summed E-state index contributed by atoms with van der Waals surface area (Å²) in [6.45, 7) is 0.139. The van der Waals surface area contributed by atoms with Crippen molar-refractivity contribution in [1.29, 1.82) is 0 Å². The van der Waals surface area contributed by atoms with E-state index in [1.807, 2.05) is 4.98 Å². The number of carbonyl (C=O) groups excluding carboxylic acids is 2. The summed E-state index contributed by atoms with van der Waals surface area (Å²) in [7, 11) is 0. The van der Waals surface area contributed by atoms with Crippen molar-refractivity contribution in [3.63, 3.8) is 0 Å². The zero-order chi connectivity index (χ0) is 16.3. The Morgan fingerprint density at radius 1 is 1.32 bits per heavy atom. The number of carbonyl (C=O) groups is 2. The first kappa shape index (κ1) is 16.1. The molecule has 2 rings (SSSR count). The zero-order valence-corrected chi connectivity index (χ0v) is 11.5. The van der Waals surface area contributed by atoms with Crippen molar-refractivity contribution in [2.75, 3.05) is 18.4 Å². The molecule has 120 valence electrons. The van der Waals surface area contributed by atoms with Crippen LogP contribution in [0.5, 0.6) is 0 Å². The van der Waals surface area contributed by atoms with E-state index in [2.05, 4.69) is 5.32 Å². The molecule has 2 N–H and O–H groups in total. The fraction of sp³-hybridized carbons (Fsp3) is 0.462. The molecule has 1 saturated heterocycles. The first-order valence-corrected chi connectivity index (χ1v) is 6.65. The van der Waals surface area contributed by atoms with Crippen LogP contribution in [0.2, 0.25) is 0 Å². The second kappa shape index (κ2) is 6.20. The van der Waals surface area contributed by atoms with Gasteiger partial charge in [-0.25, -0.2) is 0 Å². The summed E-state index contributed by atoms with van der Waals surface area (Å²) in [6.07, 6.45) is -2.23. The SMILES string of the molecule is O=C(CN1CCCCC1=O)Nc1cc(C(F)(F)F)c[nH]c1=O. The number of pyridine rings is 1. The van der Waals surface area contributed by atoms with Gasteiger partial charge in [0.1, 0.15) is 5.69 Å². The second-order valence-electron chi connectivity index (χ2n) is 4.95. The van der Waals surface area contributed by atoms with Crippen LogP contribution in [-0.2, 0) is 15.8 Å². The molecule has 0 bridgehead atoms. The van der Waals surface area contributed by atoms with Crippen molar-refractivity contribution in [2.24, 2.45) is 0 Å². The number of likely N-dealkylation sites (tertiary alicyclic amines) is 1. The van der Waals surface area contributed by atoms with Crippen LogP contribution in [0.25, 0.3) is 0 Å². The van der Waals surface area contributed by atoms with Gasteiger partial charge >= 0.3 is 6.18 Å². The predicted molar refractivity (Wildman–Crippen MR) is 71.1 cm³/mol. The Morgan fingerprint density at radius 2 is 2.05 bits per heavy atom. The van der Waals surface area contributed by atoms with Gasteiger partial charge in [0.2, 0.25) is 11.8 Å². The lowest BCUT2D eigenvalue weighted by Gasteiger charge is -2.25. The number of aromatic amines is 1. The molecule has 0 aliphatic carbocycles. The maximum atomic E-state index is 12.6. The minimum atomic E-state index is -4.63. The lowest BCUT2D eigenvalue weighted by Crippen LogP contribution is -2.41. The molecular weight excluding hydrogens is 303 g/mol. The van der Waals surface area contributed by atoms with Gasteiger partial charge in [0.05, 0.1) is 12.1 Å². The molecule has 1 aliphatic heterocycles. The molecule has 2 heterocycles. The van der Waals surface area contributed by atoms with Crippen LogP contribution in [0.1, 0.15) is 24.8 Å². The zero-order valence-electron chi connectivity index (χ0n) is 11.5. The summed E-state index contributed by atoms with van der Waals surface area (Å²) < 4.78 is 37.7. The topological polar surface area (TPSA) is 82.3 Å². The van der Waals surface area contributed by atoms with Crippen molar-refractivity contribution >= 4 is 17.5 Å². The van der Waals surface area contributed by atoms with Gasteiger partial charge in [-0.15, -0.1) is 0 Å². The van der Waals surface area contributed by atoms with Gasteiger partial charge in [-0.1, -0.05) is 0 Å². The summed E-state index contributed by atoms with van der Waals surface area (Å²) in [5.74, 6) is -0.889. The van der Waals surface area contributed by atoms with E-state index in [1.54, 1.807) is 0 Å². The van der Waals surface area contributed by atoms with E-state index in [-0.39, 0.29) is 12.5 Å². The summed E-state index contributed by atoms with van der Waals surface area (Å²) in [5.41, 5.74) is -2.41. The summed E-state index contributed by atoms with van der Waals surface area (Å²) in [4.78, 5) is 38.1. The minimum Gasteiger partial charge on any atom is -0.333 e. The molecule has 1 aromatic heterocycles. The number of rotatable bonds is 3. The average Bonchev–Trinajstić information content (AvgIpc) is 2.42. The number of anilines is 1. The molecule has 0 unspecified atom stereocenters. The van der Waals surface area contributed by atoms with E-state index in [4.69, 9.17) is 0 Å². The van der Waals surface area contributed by atoms with Gasteiger partial charge in [-0.05, 0) is 18.9 Å². The standard InChI is InChI=1S/C13H14F3N3O3/c14-13(15,16)8-5-9(12(22)17-6-8)18-10(20)7-19-4-2-1-3-11(19)21/h5-6H,1-4,7H2,(H,17,22)(H,18,20). The molecule has 1 aliphatic rings. The van der Waals surface area contributed by atoms with Crippen LogP contribution in [-0.4, -0.2) is 34.8 Å². The number of piperidine rings is 1. The number of nitrogens with one attached hydrogen (secondary N) is 2.